The molecule has 2 aromatic carbocycles. The summed E-state index contributed by atoms with van der Waals surface area (Å²) in [5.74, 6) is -0.833. The molecule has 1 unspecified atom stereocenters. The minimum atomic E-state index is -0.980. The summed E-state index contributed by atoms with van der Waals surface area (Å²) in [6.45, 7) is 6.51. The quantitative estimate of drug-likeness (QED) is 0.191. The Labute approximate surface area is 222 Å². The molecule has 202 valence electrons. The highest BCUT2D eigenvalue weighted by atomic mass is 16.5. The van der Waals surface area contributed by atoms with E-state index in [1.165, 1.54) is 0 Å². The van der Waals surface area contributed by atoms with Gasteiger partial charge in [0.05, 0.1) is 11.8 Å². The second-order valence-corrected chi connectivity index (χ2v) is 9.84. The molecule has 0 aliphatic carbocycles. The minimum absolute atomic E-state index is 0.0312. The fourth-order valence-corrected chi connectivity index (χ4v) is 4.49. The molecule has 4 N–H and O–H groups in total. The number of carbonyl (C=O) groups is 3. The SMILES string of the molecule is CCCCc1ncc(C(=O)NC(CC(=O)NO)CC(C)C)n1Cc1ccc(-c2ccccc2C(=O)O)cc1. The molecule has 0 radical (unpaired) electrons. The summed E-state index contributed by atoms with van der Waals surface area (Å²) in [4.78, 5) is 41.3. The Morgan fingerprint density at radius 1 is 1.05 bits per heavy atom. The second-order valence-electron chi connectivity index (χ2n) is 9.84. The number of hydrogen-bond donors (Lipinski definition) is 4. The summed E-state index contributed by atoms with van der Waals surface area (Å²) in [5.41, 5.74) is 4.64. The van der Waals surface area contributed by atoms with E-state index in [4.69, 9.17) is 5.21 Å². The molecule has 0 spiro atoms. The Bertz CT molecular complexity index is 1250. The molecule has 9 heteroatoms. The first-order chi connectivity index (χ1) is 18.2. The van der Waals surface area contributed by atoms with Crippen molar-refractivity contribution in [1.82, 2.24) is 20.3 Å². The lowest BCUT2D eigenvalue weighted by Gasteiger charge is -2.20. The Hall–Kier alpha value is -3.98. The van der Waals surface area contributed by atoms with Crippen LogP contribution >= 0.6 is 0 Å². The van der Waals surface area contributed by atoms with Crippen molar-refractivity contribution >= 4 is 17.8 Å². The van der Waals surface area contributed by atoms with Crippen molar-refractivity contribution in [2.45, 2.75) is 65.5 Å². The average molecular weight is 521 g/mol. The molecule has 2 amide bonds. The zero-order valence-electron chi connectivity index (χ0n) is 22.1. The van der Waals surface area contributed by atoms with Crippen LogP contribution < -0.4 is 10.8 Å². The van der Waals surface area contributed by atoms with E-state index in [2.05, 4.69) is 17.2 Å². The van der Waals surface area contributed by atoms with Crippen LogP contribution in [0.15, 0.2) is 54.7 Å². The van der Waals surface area contributed by atoms with Crippen LogP contribution in [-0.2, 0) is 17.8 Å². The van der Waals surface area contributed by atoms with Gasteiger partial charge >= 0.3 is 5.97 Å². The molecule has 0 saturated carbocycles. The fraction of sp³-hybridized carbons (Fsp3) is 0.379. The van der Waals surface area contributed by atoms with Gasteiger partial charge in [-0.1, -0.05) is 69.7 Å². The lowest BCUT2D eigenvalue weighted by atomic mass is 9.98. The number of amides is 2. The van der Waals surface area contributed by atoms with Gasteiger partial charge in [-0.15, -0.1) is 0 Å². The first-order valence-electron chi connectivity index (χ1n) is 12.9. The number of hydrogen-bond acceptors (Lipinski definition) is 5. The van der Waals surface area contributed by atoms with E-state index in [-0.39, 0.29) is 23.8 Å². The molecule has 1 heterocycles. The number of unbranched alkanes of at least 4 members (excludes halogenated alkanes) is 1. The number of carboxylic acids is 1. The normalized spacial score (nSPS) is 11.8. The summed E-state index contributed by atoms with van der Waals surface area (Å²) in [5, 5.41) is 21.4. The first kappa shape index (κ1) is 28.6. The molecule has 1 atom stereocenters. The number of aromatic carboxylic acids is 1. The standard InChI is InChI=1S/C29H36N4O5/c1-4-5-10-26-30-17-25(28(35)31-22(15-19(2)3)16-27(34)32-38)33(26)18-20-11-13-21(14-12-20)23-8-6-7-9-24(23)29(36)37/h6-9,11-14,17,19,22,38H,4-5,10,15-16,18H2,1-3H3,(H,31,35)(H,32,34)(H,36,37). The molecular weight excluding hydrogens is 484 g/mol. The van der Waals surface area contributed by atoms with Gasteiger partial charge < -0.3 is 15.0 Å². The number of nitrogens with zero attached hydrogens (tertiary/aromatic N) is 2. The summed E-state index contributed by atoms with van der Waals surface area (Å²) in [6, 6.07) is 14.0. The van der Waals surface area contributed by atoms with Crippen molar-refractivity contribution in [2.24, 2.45) is 5.92 Å². The number of nitrogens with one attached hydrogen (secondary N) is 2. The number of hydroxylamine groups is 1. The smallest absolute Gasteiger partial charge is 0.336 e. The predicted octanol–water partition coefficient (Wildman–Crippen LogP) is 4.68. The fourth-order valence-electron chi connectivity index (χ4n) is 4.49. The highest BCUT2D eigenvalue weighted by molar-refractivity contribution is 5.96. The maximum Gasteiger partial charge on any atom is 0.336 e. The van der Waals surface area contributed by atoms with E-state index >= 15 is 0 Å². The van der Waals surface area contributed by atoms with E-state index in [1.807, 2.05) is 48.7 Å². The molecule has 3 rings (SSSR count). The summed E-state index contributed by atoms with van der Waals surface area (Å²) < 4.78 is 1.89. The van der Waals surface area contributed by atoms with Crippen LogP contribution in [0.4, 0.5) is 0 Å². The van der Waals surface area contributed by atoms with Crippen molar-refractivity contribution in [3.63, 3.8) is 0 Å². The molecule has 9 nitrogen and oxygen atoms in total. The van der Waals surface area contributed by atoms with Gasteiger partial charge in [0.25, 0.3) is 5.91 Å². The molecule has 0 saturated heterocycles. The van der Waals surface area contributed by atoms with E-state index in [0.29, 0.717) is 24.2 Å². The lowest BCUT2D eigenvalue weighted by Crippen LogP contribution is -2.40. The third kappa shape index (κ3) is 7.52. The van der Waals surface area contributed by atoms with Crippen LogP contribution in [0.25, 0.3) is 11.1 Å². The molecule has 0 fully saturated rings. The third-order valence-electron chi connectivity index (χ3n) is 6.34. The Balaban J connectivity index is 1.87. The topological polar surface area (TPSA) is 134 Å². The molecule has 1 aromatic heterocycles. The van der Waals surface area contributed by atoms with Crippen molar-refractivity contribution in [3.8, 4) is 11.1 Å². The number of aryl methyl sites for hydroxylation is 1. The van der Waals surface area contributed by atoms with E-state index in [1.54, 1.807) is 29.9 Å². The van der Waals surface area contributed by atoms with Crippen LogP contribution in [-0.4, -0.2) is 43.7 Å². The number of rotatable bonds is 13. The maximum atomic E-state index is 13.3. The van der Waals surface area contributed by atoms with Crippen molar-refractivity contribution in [2.75, 3.05) is 0 Å². The number of carbonyl (C=O) groups excluding carboxylic acids is 2. The highest BCUT2D eigenvalue weighted by Crippen LogP contribution is 2.25. The second kappa shape index (κ2) is 13.5. The van der Waals surface area contributed by atoms with Crippen LogP contribution in [0.1, 0.15) is 78.7 Å². The summed E-state index contributed by atoms with van der Waals surface area (Å²) in [6.07, 6.45) is 4.74. The maximum absolute atomic E-state index is 13.3. The van der Waals surface area contributed by atoms with Crippen LogP contribution in [0.3, 0.4) is 0 Å². The molecule has 38 heavy (non-hydrogen) atoms. The summed E-state index contributed by atoms with van der Waals surface area (Å²) in [7, 11) is 0. The van der Waals surface area contributed by atoms with Gasteiger partial charge in [0.15, 0.2) is 0 Å². The number of aromatic nitrogens is 2. The minimum Gasteiger partial charge on any atom is -0.478 e. The first-order valence-corrected chi connectivity index (χ1v) is 12.9. The van der Waals surface area contributed by atoms with Crippen molar-refractivity contribution in [3.05, 3.63) is 77.4 Å². The van der Waals surface area contributed by atoms with Gasteiger partial charge in [-0.25, -0.2) is 15.3 Å². The van der Waals surface area contributed by atoms with Crippen LogP contribution in [0.2, 0.25) is 0 Å². The van der Waals surface area contributed by atoms with E-state index in [9.17, 15) is 19.5 Å². The summed E-state index contributed by atoms with van der Waals surface area (Å²) >= 11 is 0. The van der Waals surface area contributed by atoms with E-state index < -0.39 is 17.9 Å². The molecule has 0 bridgehead atoms. The van der Waals surface area contributed by atoms with Crippen LogP contribution in [0, 0.1) is 5.92 Å². The molecule has 0 aliphatic rings. The molecular formula is C29H36N4O5. The molecule has 0 aliphatic heterocycles. The van der Waals surface area contributed by atoms with Gasteiger partial charge in [-0.3, -0.25) is 14.8 Å². The third-order valence-corrected chi connectivity index (χ3v) is 6.34. The Morgan fingerprint density at radius 3 is 2.39 bits per heavy atom. The number of carboxylic acid groups (broad SMARTS) is 1. The van der Waals surface area contributed by atoms with Gasteiger partial charge in [-0.05, 0) is 41.5 Å². The largest absolute Gasteiger partial charge is 0.478 e. The monoisotopic (exact) mass is 520 g/mol. The zero-order valence-corrected chi connectivity index (χ0v) is 22.1. The van der Waals surface area contributed by atoms with Gasteiger partial charge in [0.2, 0.25) is 5.91 Å². The zero-order chi connectivity index (χ0) is 27.7. The number of benzene rings is 2. The Kier molecular flexibility index (Phi) is 10.2. The predicted molar refractivity (Wildman–Crippen MR) is 144 cm³/mol. The van der Waals surface area contributed by atoms with Crippen molar-refractivity contribution in [1.29, 1.82) is 0 Å². The average Bonchev–Trinajstić information content (AvgIpc) is 3.29. The highest BCUT2D eigenvalue weighted by Gasteiger charge is 2.22. The van der Waals surface area contributed by atoms with Crippen LogP contribution in [0.5, 0.6) is 0 Å². The number of imidazole rings is 1. The van der Waals surface area contributed by atoms with Gasteiger partial charge in [-0.2, -0.15) is 0 Å². The lowest BCUT2D eigenvalue weighted by molar-refractivity contribution is -0.129. The van der Waals surface area contributed by atoms with Crippen molar-refractivity contribution < 1.29 is 24.7 Å². The van der Waals surface area contributed by atoms with E-state index in [0.717, 1.165) is 36.2 Å². The van der Waals surface area contributed by atoms with Gasteiger partial charge in [0.1, 0.15) is 11.5 Å². The molecule has 3 aromatic rings. The van der Waals surface area contributed by atoms with Gasteiger partial charge in [0, 0.05) is 25.4 Å². The Morgan fingerprint density at radius 2 is 1.76 bits per heavy atom.